The summed E-state index contributed by atoms with van der Waals surface area (Å²) in [6.45, 7) is 1.50. The monoisotopic (exact) mass is 223 g/mol. The standard InChI is InChI=1S/C11H13NO2S/c13-7-9-1-2-11-10(5-9)6-12(8-14)3-4-15-11/h1-2,5,8,13H,3-4,6-7H2. The molecule has 3 nitrogen and oxygen atoms in total. The van der Waals surface area contributed by atoms with Crippen molar-refractivity contribution in [2.24, 2.45) is 0 Å². The van der Waals surface area contributed by atoms with Crippen LogP contribution in [0.2, 0.25) is 0 Å². The topological polar surface area (TPSA) is 40.5 Å². The Morgan fingerprint density at radius 1 is 1.53 bits per heavy atom. The molecule has 0 radical (unpaired) electrons. The number of carbonyl (C=O) groups is 1. The summed E-state index contributed by atoms with van der Waals surface area (Å²) in [4.78, 5) is 13.7. The quantitative estimate of drug-likeness (QED) is 0.767. The van der Waals surface area contributed by atoms with Crippen molar-refractivity contribution < 1.29 is 9.90 Å². The van der Waals surface area contributed by atoms with E-state index in [1.54, 1.807) is 16.7 Å². The van der Waals surface area contributed by atoms with E-state index in [-0.39, 0.29) is 6.61 Å². The number of fused-ring (bicyclic) bond motifs is 1. The number of nitrogens with zero attached hydrogens (tertiary/aromatic N) is 1. The van der Waals surface area contributed by atoms with Crippen LogP contribution in [0.4, 0.5) is 0 Å². The lowest BCUT2D eigenvalue weighted by atomic mass is 10.1. The van der Waals surface area contributed by atoms with Crippen LogP contribution in [0.3, 0.4) is 0 Å². The highest BCUT2D eigenvalue weighted by Crippen LogP contribution is 2.27. The summed E-state index contributed by atoms with van der Waals surface area (Å²) in [5.74, 6) is 0.935. The van der Waals surface area contributed by atoms with Crippen molar-refractivity contribution in [3.8, 4) is 0 Å². The third kappa shape index (κ3) is 2.33. The smallest absolute Gasteiger partial charge is 0.210 e. The van der Waals surface area contributed by atoms with Crippen molar-refractivity contribution in [3.63, 3.8) is 0 Å². The summed E-state index contributed by atoms with van der Waals surface area (Å²) in [5.41, 5.74) is 2.04. The second-order valence-electron chi connectivity index (χ2n) is 3.52. The maximum absolute atomic E-state index is 10.7. The average molecular weight is 223 g/mol. The van der Waals surface area contributed by atoms with Crippen LogP contribution in [-0.2, 0) is 17.9 Å². The van der Waals surface area contributed by atoms with Gasteiger partial charge in [0.25, 0.3) is 0 Å². The molecule has 1 N–H and O–H groups in total. The van der Waals surface area contributed by atoms with E-state index in [4.69, 9.17) is 5.11 Å². The van der Waals surface area contributed by atoms with E-state index in [0.29, 0.717) is 6.54 Å². The number of rotatable bonds is 2. The fourth-order valence-electron chi connectivity index (χ4n) is 1.66. The number of thioether (sulfide) groups is 1. The summed E-state index contributed by atoms with van der Waals surface area (Å²) in [6.07, 6.45) is 0.890. The Bertz CT molecular complexity index is 368. The van der Waals surface area contributed by atoms with E-state index in [2.05, 4.69) is 0 Å². The van der Waals surface area contributed by atoms with Gasteiger partial charge in [-0.25, -0.2) is 0 Å². The Morgan fingerprint density at radius 3 is 3.13 bits per heavy atom. The molecule has 1 aliphatic rings. The number of carbonyl (C=O) groups excluding carboxylic acids is 1. The molecule has 0 saturated carbocycles. The van der Waals surface area contributed by atoms with E-state index >= 15 is 0 Å². The molecular weight excluding hydrogens is 210 g/mol. The van der Waals surface area contributed by atoms with Crippen molar-refractivity contribution in [1.82, 2.24) is 4.90 Å². The van der Waals surface area contributed by atoms with Crippen molar-refractivity contribution >= 4 is 18.2 Å². The summed E-state index contributed by atoms with van der Waals surface area (Å²) in [7, 11) is 0. The predicted octanol–water partition coefficient (Wildman–Crippen LogP) is 1.24. The molecule has 1 aromatic rings. The molecule has 0 aromatic heterocycles. The molecule has 0 bridgehead atoms. The van der Waals surface area contributed by atoms with Crippen LogP contribution in [0.5, 0.6) is 0 Å². The van der Waals surface area contributed by atoms with E-state index in [0.717, 1.165) is 29.8 Å². The lowest BCUT2D eigenvalue weighted by molar-refractivity contribution is -0.118. The Morgan fingerprint density at radius 2 is 2.40 bits per heavy atom. The molecule has 1 aliphatic heterocycles. The van der Waals surface area contributed by atoms with Crippen LogP contribution in [0, 0.1) is 0 Å². The summed E-state index contributed by atoms with van der Waals surface area (Å²) < 4.78 is 0. The molecule has 0 unspecified atom stereocenters. The molecule has 0 atom stereocenters. The minimum atomic E-state index is 0.0546. The fraction of sp³-hybridized carbons (Fsp3) is 0.364. The van der Waals surface area contributed by atoms with Crippen molar-refractivity contribution in [3.05, 3.63) is 29.3 Å². The lowest BCUT2D eigenvalue weighted by Gasteiger charge is -2.14. The molecular formula is C11H13NO2S. The van der Waals surface area contributed by atoms with Gasteiger partial charge in [-0.15, -0.1) is 11.8 Å². The van der Waals surface area contributed by atoms with Gasteiger partial charge in [-0.2, -0.15) is 0 Å². The number of hydrogen-bond acceptors (Lipinski definition) is 3. The highest BCUT2D eigenvalue weighted by Gasteiger charge is 2.13. The molecule has 0 fully saturated rings. The van der Waals surface area contributed by atoms with Gasteiger partial charge in [0.2, 0.25) is 6.41 Å². The maximum Gasteiger partial charge on any atom is 0.210 e. The molecule has 80 valence electrons. The van der Waals surface area contributed by atoms with Gasteiger partial charge in [-0.3, -0.25) is 4.79 Å². The number of amides is 1. The van der Waals surface area contributed by atoms with Crippen molar-refractivity contribution in [2.45, 2.75) is 18.0 Å². The van der Waals surface area contributed by atoms with Gasteiger partial charge in [-0.05, 0) is 17.2 Å². The Labute approximate surface area is 93.1 Å². The summed E-state index contributed by atoms with van der Waals surface area (Å²) in [6, 6.07) is 5.94. The molecule has 2 rings (SSSR count). The molecule has 1 aromatic carbocycles. The predicted molar refractivity (Wildman–Crippen MR) is 59.6 cm³/mol. The summed E-state index contributed by atoms with van der Waals surface area (Å²) in [5, 5.41) is 9.04. The van der Waals surface area contributed by atoms with Crippen molar-refractivity contribution in [2.75, 3.05) is 12.3 Å². The largest absolute Gasteiger partial charge is 0.392 e. The third-order valence-corrected chi connectivity index (χ3v) is 3.56. The van der Waals surface area contributed by atoms with E-state index in [1.165, 1.54) is 4.90 Å². The molecule has 15 heavy (non-hydrogen) atoms. The first kappa shape index (κ1) is 10.5. The fourth-order valence-corrected chi connectivity index (χ4v) is 2.68. The van der Waals surface area contributed by atoms with Gasteiger partial charge in [-0.1, -0.05) is 12.1 Å². The highest BCUT2D eigenvalue weighted by atomic mass is 32.2. The zero-order chi connectivity index (χ0) is 10.7. The zero-order valence-corrected chi connectivity index (χ0v) is 9.17. The normalized spacial score (nSPS) is 15.7. The molecule has 0 saturated heterocycles. The number of hydrogen-bond donors (Lipinski definition) is 1. The number of aliphatic hydroxyl groups excluding tert-OH is 1. The first-order valence-electron chi connectivity index (χ1n) is 4.88. The van der Waals surface area contributed by atoms with Gasteiger partial charge in [0.05, 0.1) is 6.61 Å². The SMILES string of the molecule is O=CN1CCSc2ccc(CO)cc2C1. The van der Waals surface area contributed by atoms with Crippen LogP contribution in [0.25, 0.3) is 0 Å². The Kier molecular flexibility index (Phi) is 3.28. The number of aliphatic hydroxyl groups is 1. The van der Waals surface area contributed by atoms with Gasteiger partial charge in [0.15, 0.2) is 0 Å². The van der Waals surface area contributed by atoms with Crippen LogP contribution in [0.1, 0.15) is 11.1 Å². The minimum absolute atomic E-state index is 0.0546. The van der Waals surface area contributed by atoms with E-state index in [1.807, 2.05) is 18.2 Å². The van der Waals surface area contributed by atoms with Crippen LogP contribution >= 0.6 is 11.8 Å². The van der Waals surface area contributed by atoms with Crippen LogP contribution < -0.4 is 0 Å². The molecule has 0 aliphatic carbocycles. The van der Waals surface area contributed by atoms with E-state index < -0.39 is 0 Å². The zero-order valence-electron chi connectivity index (χ0n) is 8.35. The molecule has 0 spiro atoms. The highest BCUT2D eigenvalue weighted by molar-refractivity contribution is 7.99. The van der Waals surface area contributed by atoms with Gasteiger partial charge >= 0.3 is 0 Å². The minimum Gasteiger partial charge on any atom is -0.392 e. The van der Waals surface area contributed by atoms with Gasteiger partial charge in [0.1, 0.15) is 0 Å². The Hall–Kier alpha value is -1.00. The van der Waals surface area contributed by atoms with Crippen LogP contribution in [-0.4, -0.2) is 28.7 Å². The number of benzene rings is 1. The Balaban J connectivity index is 2.31. The van der Waals surface area contributed by atoms with Gasteiger partial charge < -0.3 is 10.0 Å². The summed E-state index contributed by atoms with van der Waals surface area (Å²) >= 11 is 1.77. The first-order chi connectivity index (χ1) is 7.33. The van der Waals surface area contributed by atoms with Crippen molar-refractivity contribution in [1.29, 1.82) is 0 Å². The lowest BCUT2D eigenvalue weighted by Crippen LogP contribution is -2.22. The second-order valence-corrected chi connectivity index (χ2v) is 4.66. The third-order valence-electron chi connectivity index (χ3n) is 2.47. The second kappa shape index (κ2) is 4.68. The average Bonchev–Trinajstić information content (AvgIpc) is 2.49. The maximum atomic E-state index is 10.7. The molecule has 1 heterocycles. The van der Waals surface area contributed by atoms with Crippen LogP contribution in [0.15, 0.2) is 23.1 Å². The molecule has 4 heteroatoms. The molecule has 1 amide bonds. The van der Waals surface area contributed by atoms with E-state index in [9.17, 15) is 4.79 Å². The first-order valence-corrected chi connectivity index (χ1v) is 5.87. The van der Waals surface area contributed by atoms with Gasteiger partial charge in [0, 0.05) is 23.7 Å².